The van der Waals surface area contributed by atoms with Crippen LogP contribution in [-0.4, -0.2) is 34.1 Å². The van der Waals surface area contributed by atoms with Gasteiger partial charge in [0.05, 0.1) is 11.1 Å². The highest BCUT2D eigenvalue weighted by Crippen LogP contribution is 2.39. The lowest BCUT2D eigenvalue weighted by Gasteiger charge is -2.34. The van der Waals surface area contributed by atoms with E-state index in [0.29, 0.717) is 12.8 Å². The van der Waals surface area contributed by atoms with Crippen LogP contribution in [0.3, 0.4) is 0 Å². The largest absolute Gasteiger partial charge is 0.507 e. The third-order valence-corrected chi connectivity index (χ3v) is 8.46. The van der Waals surface area contributed by atoms with Gasteiger partial charge in [0.25, 0.3) is 11.8 Å². The first-order valence-corrected chi connectivity index (χ1v) is 15.4. The maximum Gasteiger partial charge on any atom is 0.255 e. The lowest BCUT2D eigenvalue weighted by atomic mass is 9.78. The molecule has 0 spiro atoms. The van der Waals surface area contributed by atoms with Crippen molar-refractivity contribution >= 4 is 11.8 Å². The predicted molar refractivity (Wildman–Crippen MR) is 172 cm³/mol. The van der Waals surface area contributed by atoms with E-state index in [1.54, 1.807) is 12.1 Å². The van der Waals surface area contributed by atoms with E-state index >= 15 is 0 Å². The number of benzene rings is 2. The third kappa shape index (κ3) is 7.48. The Hall–Kier alpha value is -3.02. The third-order valence-electron chi connectivity index (χ3n) is 8.46. The molecule has 2 atom stereocenters. The molecule has 0 saturated heterocycles. The molecule has 6 nitrogen and oxygen atoms in total. The molecular formula is C36H54N2O4. The van der Waals surface area contributed by atoms with E-state index in [-0.39, 0.29) is 68.2 Å². The van der Waals surface area contributed by atoms with Crippen LogP contribution < -0.4 is 10.6 Å². The lowest BCUT2D eigenvalue weighted by molar-refractivity contribution is 0.0859. The van der Waals surface area contributed by atoms with Crippen molar-refractivity contribution in [2.45, 2.75) is 143 Å². The minimum atomic E-state index is -0.350. The Kier molecular flexibility index (Phi) is 9.23. The summed E-state index contributed by atoms with van der Waals surface area (Å²) >= 11 is 0. The first kappa shape index (κ1) is 33.5. The van der Waals surface area contributed by atoms with Crippen LogP contribution in [0.1, 0.15) is 152 Å². The summed E-state index contributed by atoms with van der Waals surface area (Å²) in [6, 6.07) is 6.97. The van der Waals surface area contributed by atoms with Gasteiger partial charge < -0.3 is 20.8 Å². The van der Waals surface area contributed by atoms with Crippen LogP contribution in [-0.2, 0) is 21.7 Å². The average Bonchev–Trinajstić information content (AvgIpc) is 2.82. The van der Waals surface area contributed by atoms with Crippen molar-refractivity contribution in [3.8, 4) is 11.5 Å². The van der Waals surface area contributed by atoms with Gasteiger partial charge in [0.1, 0.15) is 11.5 Å². The van der Waals surface area contributed by atoms with Gasteiger partial charge in [-0.2, -0.15) is 0 Å². The second-order valence-corrected chi connectivity index (χ2v) is 16.3. The molecular weight excluding hydrogens is 524 g/mol. The summed E-state index contributed by atoms with van der Waals surface area (Å²) in [7, 11) is 0. The maximum absolute atomic E-state index is 13.7. The monoisotopic (exact) mass is 578 g/mol. The molecule has 1 aliphatic carbocycles. The molecule has 4 N–H and O–H groups in total. The summed E-state index contributed by atoms with van der Waals surface area (Å²) in [6.07, 6.45) is 3.28. The maximum atomic E-state index is 13.7. The molecule has 2 amide bonds. The van der Waals surface area contributed by atoms with E-state index in [1.807, 2.05) is 53.7 Å². The highest BCUT2D eigenvalue weighted by atomic mass is 16.3. The number of aromatic hydroxyl groups is 2. The van der Waals surface area contributed by atoms with Gasteiger partial charge in [-0.25, -0.2) is 0 Å². The van der Waals surface area contributed by atoms with Crippen LogP contribution in [0.25, 0.3) is 0 Å². The number of hydrogen-bond acceptors (Lipinski definition) is 4. The van der Waals surface area contributed by atoms with Gasteiger partial charge in [-0.1, -0.05) is 108 Å². The number of nitrogens with one attached hydrogen (secondary N) is 2. The number of phenolic OH excluding ortho intramolecular Hbond substituents is 2. The van der Waals surface area contributed by atoms with Crippen molar-refractivity contribution in [1.82, 2.24) is 10.6 Å². The molecule has 1 aliphatic rings. The van der Waals surface area contributed by atoms with Crippen LogP contribution in [0.15, 0.2) is 24.3 Å². The number of amides is 2. The van der Waals surface area contributed by atoms with Crippen molar-refractivity contribution in [2.24, 2.45) is 0 Å². The van der Waals surface area contributed by atoms with Crippen molar-refractivity contribution in [3.05, 3.63) is 57.6 Å². The number of carbonyl (C=O) groups excluding carboxylic acids is 2. The first-order chi connectivity index (χ1) is 19.0. The summed E-state index contributed by atoms with van der Waals surface area (Å²) in [5.41, 5.74) is 2.82. The molecule has 0 radical (unpaired) electrons. The number of phenols is 2. The van der Waals surface area contributed by atoms with Crippen LogP contribution in [0.4, 0.5) is 0 Å². The zero-order valence-electron chi connectivity index (χ0n) is 28.0. The molecule has 0 aromatic heterocycles. The Bertz CT molecular complexity index is 1230. The molecule has 3 rings (SSSR count). The van der Waals surface area contributed by atoms with Gasteiger partial charge in [0.2, 0.25) is 0 Å². The first-order valence-electron chi connectivity index (χ1n) is 15.4. The van der Waals surface area contributed by atoms with Crippen molar-refractivity contribution in [1.29, 1.82) is 0 Å². The van der Waals surface area contributed by atoms with Crippen molar-refractivity contribution < 1.29 is 19.8 Å². The molecule has 2 aromatic rings. The Morgan fingerprint density at radius 2 is 0.881 bits per heavy atom. The summed E-state index contributed by atoms with van der Waals surface area (Å²) in [6.45, 7) is 24.7. The van der Waals surface area contributed by atoms with Crippen LogP contribution >= 0.6 is 0 Å². The summed E-state index contributed by atoms with van der Waals surface area (Å²) in [5, 5.41) is 28.8. The van der Waals surface area contributed by atoms with E-state index in [0.717, 1.165) is 35.1 Å². The SMILES string of the molecule is CC(C)(C)c1cc(C(=O)N[C@@H]2CCCC[C@H]2NC(=O)c2cc(C(C)(C)C)cc(C(C)(C)C)c2O)c(O)c(C(C)(C)C)c1. The fourth-order valence-electron chi connectivity index (χ4n) is 5.59. The highest BCUT2D eigenvalue weighted by molar-refractivity contribution is 5.99. The molecule has 2 aromatic carbocycles. The summed E-state index contributed by atoms with van der Waals surface area (Å²) in [4.78, 5) is 27.5. The number of carbonyl (C=O) groups is 2. The van der Waals surface area contributed by atoms with Crippen LogP contribution in [0, 0.1) is 0 Å². The van der Waals surface area contributed by atoms with Crippen LogP contribution in [0.5, 0.6) is 11.5 Å². The van der Waals surface area contributed by atoms with E-state index in [2.05, 4.69) is 52.2 Å². The fourth-order valence-corrected chi connectivity index (χ4v) is 5.59. The molecule has 42 heavy (non-hydrogen) atoms. The molecule has 6 heteroatoms. The van der Waals surface area contributed by atoms with Gasteiger partial charge in [0, 0.05) is 23.2 Å². The highest BCUT2D eigenvalue weighted by Gasteiger charge is 2.33. The second-order valence-electron chi connectivity index (χ2n) is 16.3. The number of rotatable bonds is 4. The Balaban J connectivity index is 1.95. The molecule has 0 aliphatic heterocycles. The molecule has 232 valence electrons. The Labute approximate surface area is 253 Å². The van der Waals surface area contributed by atoms with E-state index in [4.69, 9.17) is 0 Å². The number of hydrogen-bond donors (Lipinski definition) is 4. The van der Waals surface area contributed by atoms with Gasteiger partial charge in [-0.3, -0.25) is 9.59 Å². The fraction of sp³-hybridized carbons (Fsp3) is 0.611. The van der Waals surface area contributed by atoms with Crippen LogP contribution in [0.2, 0.25) is 0 Å². The normalized spacial score (nSPS) is 18.5. The topological polar surface area (TPSA) is 98.7 Å². The minimum absolute atomic E-state index is 0.00280. The van der Waals surface area contributed by atoms with Gasteiger partial charge >= 0.3 is 0 Å². The zero-order valence-corrected chi connectivity index (χ0v) is 28.0. The summed E-state index contributed by atoms with van der Waals surface area (Å²) < 4.78 is 0. The zero-order chi connectivity index (χ0) is 32.0. The molecule has 1 saturated carbocycles. The average molecular weight is 579 g/mol. The predicted octanol–water partition coefficient (Wildman–Crippen LogP) is 7.76. The molecule has 0 bridgehead atoms. The molecule has 0 unspecified atom stereocenters. The standard InChI is InChI=1S/C36H54N2O4/c1-33(2,3)21-17-23(29(39)25(19-21)35(7,8)9)31(41)37-27-15-13-14-16-28(27)38-32(42)24-18-22(34(4,5)6)20-26(30(24)40)36(10,11)12/h17-20,27-28,39-40H,13-16H2,1-12H3,(H,37,41)(H,38,42)/t27-,28-/m1/s1. The van der Waals surface area contributed by atoms with E-state index < -0.39 is 0 Å². The smallest absolute Gasteiger partial charge is 0.255 e. The minimum Gasteiger partial charge on any atom is -0.507 e. The molecule has 1 fully saturated rings. The summed E-state index contributed by atoms with van der Waals surface area (Å²) in [5.74, 6) is -0.684. The molecule has 0 heterocycles. The van der Waals surface area contributed by atoms with Gasteiger partial charge in [-0.15, -0.1) is 0 Å². The van der Waals surface area contributed by atoms with E-state index in [1.165, 1.54) is 0 Å². The van der Waals surface area contributed by atoms with Gasteiger partial charge in [-0.05, 0) is 57.8 Å². The second kappa shape index (κ2) is 11.6. The van der Waals surface area contributed by atoms with Crippen molar-refractivity contribution in [3.63, 3.8) is 0 Å². The lowest BCUT2D eigenvalue weighted by Crippen LogP contribution is -2.53. The van der Waals surface area contributed by atoms with E-state index in [9.17, 15) is 19.8 Å². The van der Waals surface area contributed by atoms with Crippen molar-refractivity contribution in [2.75, 3.05) is 0 Å². The van der Waals surface area contributed by atoms with Gasteiger partial charge in [0.15, 0.2) is 0 Å². The Morgan fingerprint density at radius 3 is 1.14 bits per heavy atom. The Morgan fingerprint density at radius 1 is 0.571 bits per heavy atom. The quantitative estimate of drug-likeness (QED) is 0.298.